The lowest BCUT2D eigenvalue weighted by Crippen LogP contribution is -2.22. The molecule has 0 aliphatic heterocycles. The average Bonchev–Trinajstić information content (AvgIpc) is 2.92. The maximum atomic E-state index is 13.5. The van der Waals surface area contributed by atoms with Crippen molar-refractivity contribution in [2.75, 3.05) is 11.9 Å². The molecular weight excluding hydrogens is 309 g/mol. The zero-order valence-corrected chi connectivity index (χ0v) is 13.3. The summed E-state index contributed by atoms with van der Waals surface area (Å²) in [5.41, 5.74) is 1.78. The molecule has 0 radical (unpaired) electrons. The molecule has 0 aliphatic carbocycles. The van der Waals surface area contributed by atoms with E-state index in [4.69, 9.17) is 4.74 Å². The van der Waals surface area contributed by atoms with Gasteiger partial charge in [0.25, 0.3) is 5.91 Å². The summed E-state index contributed by atoms with van der Waals surface area (Å²) < 4.78 is 20.7. The molecule has 0 aliphatic rings. The van der Waals surface area contributed by atoms with Crippen molar-refractivity contribution in [1.29, 1.82) is 0 Å². The monoisotopic (exact) mass is 327 g/mol. The number of aryl methyl sites for hydroxylation is 1. The van der Waals surface area contributed by atoms with Gasteiger partial charge in [0.15, 0.2) is 18.2 Å². The second-order valence-electron chi connectivity index (χ2n) is 5.34. The van der Waals surface area contributed by atoms with Crippen LogP contribution in [0, 0.1) is 5.82 Å². The Labute approximate surface area is 139 Å². The number of carbonyl (C=O) groups excluding carboxylic acids is 1. The molecule has 0 saturated heterocycles. The van der Waals surface area contributed by atoms with Gasteiger partial charge in [-0.15, -0.1) is 0 Å². The first-order valence-corrected chi connectivity index (χ1v) is 7.81. The highest BCUT2D eigenvalue weighted by atomic mass is 19.1. The maximum absolute atomic E-state index is 13.5. The van der Waals surface area contributed by atoms with Gasteiger partial charge in [0.05, 0.1) is 11.0 Å². The van der Waals surface area contributed by atoms with E-state index in [1.54, 1.807) is 12.1 Å². The van der Waals surface area contributed by atoms with Gasteiger partial charge in [0.1, 0.15) is 0 Å². The van der Waals surface area contributed by atoms with Crippen LogP contribution in [0.3, 0.4) is 0 Å². The fourth-order valence-corrected chi connectivity index (χ4v) is 2.49. The second-order valence-corrected chi connectivity index (χ2v) is 5.34. The maximum Gasteiger partial charge on any atom is 0.264 e. The molecule has 0 unspecified atom stereocenters. The number of carbonyl (C=O) groups is 1. The predicted octanol–water partition coefficient (Wildman–Crippen LogP) is 3.60. The molecule has 1 N–H and O–H groups in total. The van der Waals surface area contributed by atoms with Crippen molar-refractivity contribution in [3.63, 3.8) is 0 Å². The predicted molar refractivity (Wildman–Crippen MR) is 90.5 cm³/mol. The van der Waals surface area contributed by atoms with Crippen LogP contribution in [0.2, 0.25) is 0 Å². The number of amides is 1. The number of nitrogens with one attached hydrogen (secondary N) is 1. The molecular formula is C18H18FN3O2. The van der Waals surface area contributed by atoms with E-state index in [-0.39, 0.29) is 18.3 Å². The van der Waals surface area contributed by atoms with Crippen molar-refractivity contribution in [2.45, 2.75) is 19.9 Å². The minimum atomic E-state index is -0.497. The minimum Gasteiger partial charge on any atom is -0.481 e. The SMILES string of the molecule is CCCn1c(NC(=O)COc2ccccc2F)nc2ccccc21. The third kappa shape index (κ3) is 3.37. The molecule has 6 heteroatoms. The lowest BCUT2D eigenvalue weighted by molar-refractivity contribution is -0.118. The number of benzene rings is 2. The zero-order chi connectivity index (χ0) is 16.9. The highest BCUT2D eigenvalue weighted by Gasteiger charge is 2.13. The molecule has 0 bridgehead atoms. The average molecular weight is 327 g/mol. The largest absolute Gasteiger partial charge is 0.481 e. The number of nitrogens with zero attached hydrogens (tertiary/aromatic N) is 2. The molecule has 0 fully saturated rings. The number of aromatic nitrogens is 2. The summed E-state index contributed by atoms with van der Waals surface area (Å²) in [5.74, 6) is -0.357. The van der Waals surface area contributed by atoms with Crippen molar-refractivity contribution in [3.8, 4) is 5.75 Å². The van der Waals surface area contributed by atoms with Crippen LogP contribution in [0.4, 0.5) is 10.3 Å². The van der Waals surface area contributed by atoms with Crippen LogP contribution in [0.15, 0.2) is 48.5 Å². The Hall–Kier alpha value is -2.89. The van der Waals surface area contributed by atoms with E-state index in [1.807, 2.05) is 28.8 Å². The standard InChI is InChI=1S/C18H18FN3O2/c1-2-11-22-15-9-5-4-8-14(15)20-18(22)21-17(23)12-24-16-10-6-3-7-13(16)19/h3-10H,2,11-12H2,1H3,(H,20,21,23). The normalized spacial score (nSPS) is 10.8. The molecule has 24 heavy (non-hydrogen) atoms. The smallest absolute Gasteiger partial charge is 0.264 e. The Bertz CT molecular complexity index is 860. The number of anilines is 1. The number of ether oxygens (including phenoxy) is 1. The van der Waals surface area contributed by atoms with Crippen molar-refractivity contribution in [2.24, 2.45) is 0 Å². The van der Waals surface area contributed by atoms with Gasteiger partial charge in [0.2, 0.25) is 5.95 Å². The number of imidazole rings is 1. The van der Waals surface area contributed by atoms with Crippen LogP contribution in [0.1, 0.15) is 13.3 Å². The third-order valence-corrected chi connectivity index (χ3v) is 3.55. The van der Waals surface area contributed by atoms with E-state index in [2.05, 4.69) is 17.2 Å². The van der Waals surface area contributed by atoms with E-state index in [0.29, 0.717) is 5.95 Å². The Balaban J connectivity index is 1.73. The minimum absolute atomic E-state index is 0.0507. The first-order chi connectivity index (χ1) is 11.7. The molecule has 124 valence electrons. The lowest BCUT2D eigenvalue weighted by atomic mass is 10.3. The molecule has 0 atom stereocenters. The molecule has 1 heterocycles. The number of fused-ring (bicyclic) bond motifs is 1. The Kier molecular flexibility index (Phi) is 4.74. The van der Waals surface area contributed by atoms with Crippen molar-refractivity contribution in [3.05, 3.63) is 54.3 Å². The topological polar surface area (TPSA) is 56.2 Å². The Morgan fingerprint density at radius 3 is 2.75 bits per heavy atom. The first kappa shape index (κ1) is 16.0. The summed E-state index contributed by atoms with van der Waals surface area (Å²) in [7, 11) is 0. The van der Waals surface area contributed by atoms with E-state index in [0.717, 1.165) is 24.0 Å². The summed E-state index contributed by atoms with van der Waals surface area (Å²) in [5, 5.41) is 2.74. The summed E-state index contributed by atoms with van der Waals surface area (Å²) in [6.07, 6.45) is 0.912. The van der Waals surface area contributed by atoms with E-state index >= 15 is 0 Å². The van der Waals surface area contributed by atoms with E-state index < -0.39 is 5.82 Å². The van der Waals surface area contributed by atoms with Gasteiger partial charge in [0, 0.05) is 6.54 Å². The van der Waals surface area contributed by atoms with E-state index in [9.17, 15) is 9.18 Å². The van der Waals surface area contributed by atoms with Crippen LogP contribution >= 0.6 is 0 Å². The van der Waals surface area contributed by atoms with Gasteiger partial charge in [-0.2, -0.15) is 0 Å². The van der Waals surface area contributed by atoms with Crippen LogP contribution in [-0.2, 0) is 11.3 Å². The Morgan fingerprint density at radius 1 is 1.21 bits per heavy atom. The first-order valence-electron chi connectivity index (χ1n) is 7.81. The number of halogens is 1. The summed E-state index contributed by atoms with van der Waals surface area (Å²) in [4.78, 5) is 16.6. The van der Waals surface area contributed by atoms with Gasteiger partial charge in [-0.05, 0) is 30.7 Å². The van der Waals surface area contributed by atoms with Gasteiger partial charge in [-0.3, -0.25) is 10.1 Å². The van der Waals surface area contributed by atoms with Crippen LogP contribution in [0.25, 0.3) is 11.0 Å². The van der Waals surface area contributed by atoms with Gasteiger partial charge < -0.3 is 9.30 Å². The van der Waals surface area contributed by atoms with Gasteiger partial charge >= 0.3 is 0 Å². The van der Waals surface area contributed by atoms with Crippen molar-refractivity contribution in [1.82, 2.24) is 9.55 Å². The van der Waals surface area contributed by atoms with Gasteiger partial charge in [-0.1, -0.05) is 31.2 Å². The molecule has 3 aromatic rings. The lowest BCUT2D eigenvalue weighted by Gasteiger charge is -2.10. The summed E-state index contributed by atoms with van der Waals surface area (Å²) in [6, 6.07) is 13.7. The molecule has 0 saturated carbocycles. The van der Waals surface area contributed by atoms with E-state index in [1.165, 1.54) is 12.1 Å². The quantitative estimate of drug-likeness (QED) is 0.752. The molecule has 5 nitrogen and oxygen atoms in total. The van der Waals surface area contributed by atoms with Gasteiger partial charge in [-0.25, -0.2) is 9.37 Å². The van der Waals surface area contributed by atoms with Crippen molar-refractivity contribution >= 4 is 22.9 Å². The number of hydrogen-bond donors (Lipinski definition) is 1. The highest BCUT2D eigenvalue weighted by molar-refractivity contribution is 5.92. The molecule has 2 aromatic carbocycles. The number of rotatable bonds is 6. The molecule has 0 spiro atoms. The van der Waals surface area contributed by atoms with Crippen LogP contribution < -0.4 is 10.1 Å². The zero-order valence-electron chi connectivity index (χ0n) is 13.3. The van der Waals surface area contributed by atoms with Crippen LogP contribution in [-0.4, -0.2) is 22.1 Å². The third-order valence-electron chi connectivity index (χ3n) is 3.55. The number of para-hydroxylation sites is 3. The second kappa shape index (κ2) is 7.12. The number of hydrogen-bond acceptors (Lipinski definition) is 3. The highest BCUT2D eigenvalue weighted by Crippen LogP contribution is 2.20. The summed E-state index contributed by atoms with van der Waals surface area (Å²) >= 11 is 0. The van der Waals surface area contributed by atoms with Crippen molar-refractivity contribution < 1.29 is 13.9 Å². The fourth-order valence-electron chi connectivity index (χ4n) is 2.49. The Morgan fingerprint density at radius 2 is 1.96 bits per heavy atom. The molecule has 3 rings (SSSR count). The fraction of sp³-hybridized carbons (Fsp3) is 0.222. The molecule has 1 aromatic heterocycles. The van der Waals surface area contributed by atoms with Crippen LogP contribution in [0.5, 0.6) is 5.75 Å². The molecule has 1 amide bonds. The summed E-state index contributed by atoms with van der Waals surface area (Å²) in [6.45, 7) is 2.52.